The second-order valence-electron chi connectivity index (χ2n) is 1.63. The Kier molecular flexibility index (Phi) is 5.00. The first-order valence-electron chi connectivity index (χ1n) is 2.71. The number of amides is 1. The lowest BCUT2D eigenvalue weighted by atomic mass is 10.4. The van der Waals surface area contributed by atoms with Crippen LogP contribution >= 0.6 is 24.2 Å². The first-order valence-corrected chi connectivity index (χ1v) is 3.78. The van der Waals surface area contributed by atoms with Crippen LogP contribution in [0.2, 0.25) is 0 Å². The Bertz CT molecular complexity index is 97.0. The van der Waals surface area contributed by atoms with Crippen molar-refractivity contribution in [1.29, 1.82) is 0 Å². The van der Waals surface area contributed by atoms with E-state index in [0.29, 0.717) is 12.3 Å². The summed E-state index contributed by atoms with van der Waals surface area (Å²) in [4.78, 5) is 10.6. The first-order chi connectivity index (χ1) is 4.18. The highest BCUT2D eigenvalue weighted by Gasteiger charge is 2.05. The molecule has 0 radical (unpaired) electrons. The summed E-state index contributed by atoms with van der Waals surface area (Å²) in [5.74, 6) is 0.515. The van der Waals surface area contributed by atoms with E-state index in [0.717, 1.165) is 0 Å². The van der Waals surface area contributed by atoms with Crippen LogP contribution in [0.15, 0.2) is 0 Å². The molecule has 0 aliphatic carbocycles. The topological polar surface area (TPSA) is 29.1 Å². The van der Waals surface area contributed by atoms with Crippen molar-refractivity contribution < 1.29 is 4.79 Å². The Morgan fingerprint density at radius 2 is 2.44 bits per heavy atom. The van der Waals surface area contributed by atoms with Crippen LogP contribution in [0.3, 0.4) is 0 Å². The van der Waals surface area contributed by atoms with E-state index in [-0.39, 0.29) is 5.91 Å². The molecule has 0 rings (SSSR count). The lowest BCUT2D eigenvalue weighted by Crippen LogP contribution is -2.30. The van der Waals surface area contributed by atoms with Gasteiger partial charge in [-0.2, -0.15) is 12.6 Å². The second-order valence-corrected chi connectivity index (χ2v) is 2.73. The Hall–Kier alpha value is 0.110. The highest BCUT2D eigenvalue weighted by atomic mass is 35.5. The van der Waals surface area contributed by atoms with Gasteiger partial charge in [-0.25, -0.2) is 0 Å². The Morgan fingerprint density at radius 3 is 2.78 bits per heavy atom. The van der Waals surface area contributed by atoms with Crippen LogP contribution in [0.5, 0.6) is 0 Å². The highest BCUT2D eigenvalue weighted by Crippen LogP contribution is 1.91. The third kappa shape index (κ3) is 4.60. The van der Waals surface area contributed by atoms with Gasteiger partial charge < -0.3 is 5.32 Å². The fraction of sp³-hybridized carbons (Fsp3) is 0.800. The normalized spacial score (nSPS) is 12.8. The molecular weight excluding hydrogens is 158 g/mol. The van der Waals surface area contributed by atoms with Crippen LogP contribution in [-0.4, -0.2) is 23.6 Å². The summed E-state index contributed by atoms with van der Waals surface area (Å²) < 4.78 is 0. The lowest BCUT2D eigenvalue weighted by molar-refractivity contribution is -0.120. The van der Waals surface area contributed by atoms with Crippen LogP contribution < -0.4 is 5.32 Å². The summed E-state index contributed by atoms with van der Waals surface area (Å²) in [5.41, 5.74) is 0. The van der Waals surface area contributed by atoms with Crippen LogP contribution in [-0.2, 0) is 4.79 Å². The van der Waals surface area contributed by atoms with E-state index in [2.05, 4.69) is 17.9 Å². The number of alkyl halides is 1. The van der Waals surface area contributed by atoms with Crippen molar-refractivity contribution >= 4 is 30.1 Å². The van der Waals surface area contributed by atoms with E-state index >= 15 is 0 Å². The maximum absolute atomic E-state index is 10.6. The second kappa shape index (κ2) is 4.94. The van der Waals surface area contributed by atoms with Crippen molar-refractivity contribution in [2.45, 2.75) is 12.3 Å². The standard InChI is InChI=1S/C5H10ClNOS/c1-4(6)5(8)7-2-3-9/h4,9H,2-3H2,1H3,(H,7,8). The average molecular weight is 168 g/mol. The van der Waals surface area contributed by atoms with E-state index in [1.165, 1.54) is 0 Å². The van der Waals surface area contributed by atoms with E-state index in [1.807, 2.05) is 0 Å². The molecule has 0 aliphatic heterocycles. The largest absolute Gasteiger partial charge is 0.354 e. The third-order valence-corrected chi connectivity index (χ3v) is 1.19. The average Bonchev–Trinajstić information content (AvgIpc) is 1.82. The maximum atomic E-state index is 10.6. The van der Waals surface area contributed by atoms with Gasteiger partial charge in [0.15, 0.2) is 0 Å². The summed E-state index contributed by atoms with van der Waals surface area (Å²) in [6.07, 6.45) is 0. The SMILES string of the molecule is CC(Cl)C(=O)NCCS. The number of carbonyl (C=O) groups excluding carboxylic acids is 1. The minimum atomic E-state index is -0.440. The summed E-state index contributed by atoms with van der Waals surface area (Å²) in [5, 5.41) is 2.14. The third-order valence-electron chi connectivity index (χ3n) is 0.772. The lowest BCUT2D eigenvalue weighted by Gasteiger charge is -2.02. The molecule has 0 bridgehead atoms. The molecule has 4 heteroatoms. The van der Waals surface area contributed by atoms with Gasteiger partial charge in [-0.1, -0.05) is 0 Å². The molecule has 9 heavy (non-hydrogen) atoms. The number of hydrogen-bond acceptors (Lipinski definition) is 2. The van der Waals surface area contributed by atoms with Crippen molar-refractivity contribution in [3.8, 4) is 0 Å². The number of halogens is 1. The Balaban J connectivity index is 3.28. The molecule has 0 aromatic rings. The van der Waals surface area contributed by atoms with Gasteiger partial charge in [0.25, 0.3) is 0 Å². The zero-order chi connectivity index (χ0) is 7.28. The first kappa shape index (κ1) is 9.11. The number of thiol groups is 1. The fourth-order valence-electron chi connectivity index (χ4n) is 0.320. The van der Waals surface area contributed by atoms with Crippen LogP contribution in [0.4, 0.5) is 0 Å². The number of carbonyl (C=O) groups is 1. The van der Waals surface area contributed by atoms with Gasteiger partial charge in [0, 0.05) is 12.3 Å². The molecule has 0 heterocycles. The van der Waals surface area contributed by atoms with Crippen molar-refractivity contribution in [3.63, 3.8) is 0 Å². The van der Waals surface area contributed by atoms with Crippen molar-refractivity contribution in [3.05, 3.63) is 0 Å². The predicted molar refractivity (Wildman–Crippen MR) is 42.2 cm³/mol. The van der Waals surface area contributed by atoms with Gasteiger partial charge in [0.05, 0.1) is 0 Å². The molecule has 54 valence electrons. The molecule has 0 aliphatic rings. The Morgan fingerprint density at radius 1 is 1.89 bits per heavy atom. The Labute approximate surface area is 65.4 Å². The minimum absolute atomic E-state index is 0.134. The van der Waals surface area contributed by atoms with Crippen molar-refractivity contribution in [2.75, 3.05) is 12.3 Å². The van der Waals surface area contributed by atoms with Gasteiger partial charge >= 0.3 is 0 Å². The molecular formula is C5H10ClNOS. The maximum Gasteiger partial charge on any atom is 0.237 e. The van der Waals surface area contributed by atoms with Crippen molar-refractivity contribution in [1.82, 2.24) is 5.32 Å². The van der Waals surface area contributed by atoms with Gasteiger partial charge in [-0.15, -0.1) is 11.6 Å². The van der Waals surface area contributed by atoms with Gasteiger partial charge in [0.1, 0.15) is 5.38 Å². The molecule has 0 fully saturated rings. The predicted octanol–water partition coefficient (Wildman–Crippen LogP) is 0.660. The van der Waals surface area contributed by atoms with E-state index in [1.54, 1.807) is 6.92 Å². The summed E-state index contributed by atoms with van der Waals surface area (Å²) in [6.45, 7) is 2.22. The molecule has 2 nitrogen and oxygen atoms in total. The molecule has 1 amide bonds. The van der Waals surface area contributed by atoms with Gasteiger partial charge in [-0.3, -0.25) is 4.79 Å². The molecule has 0 aromatic carbocycles. The number of nitrogens with one attached hydrogen (secondary N) is 1. The smallest absolute Gasteiger partial charge is 0.237 e. The molecule has 1 unspecified atom stereocenters. The van der Waals surface area contributed by atoms with Crippen LogP contribution in [0.25, 0.3) is 0 Å². The van der Waals surface area contributed by atoms with Crippen LogP contribution in [0, 0.1) is 0 Å². The molecule has 0 aromatic heterocycles. The van der Waals surface area contributed by atoms with E-state index in [9.17, 15) is 4.79 Å². The minimum Gasteiger partial charge on any atom is -0.354 e. The fourth-order valence-corrected chi connectivity index (χ4v) is 0.509. The summed E-state index contributed by atoms with van der Waals surface area (Å²) in [7, 11) is 0. The van der Waals surface area contributed by atoms with E-state index < -0.39 is 5.38 Å². The molecule has 0 spiro atoms. The monoisotopic (exact) mass is 167 g/mol. The number of rotatable bonds is 3. The van der Waals surface area contributed by atoms with E-state index in [4.69, 9.17) is 11.6 Å². The molecule has 0 saturated carbocycles. The molecule has 1 N–H and O–H groups in total. The quantitative estimate of drug-likeness (QED) is 0.470. The zero-order valence-corrected chi connectivity index (χ0v) is 6.88. The zero-order valence-electron chi connectivity index (χ0n) is 5.22. The van der Waals surface area contributed by atoms with Crippen molar-refractivity contribution in [2.24, 2.45) is 0 Å². The highest BCUT2D eigenvalue weighted by molar-refractivity contribution is 7.80. The summed E-state index contributed by atoms with van der Waals surface area (Å²) >= 11 is 9.33. The van der Waals surface area contributed by atoms with Gasteiger partial charge in [0.2, 0.25) is 5.91 Å². The summed E-state index contributed by atoms with van der Waals surface area (Å²) in [6, 6.07) is 0. The van der Waals surface area contributed by atoms with Crippen LogP contribution in [0.1, 0.15) is 6.92 Å². The molecule has 0 saturated heterocycles. The molecule has 1 atom stereocenters. The number of hydrogen-bond donors (Lipinski definition) is 2. The van der Waals surface area contributed by atoms with Gasteiger partial charge in [-0.05, 0) is 6.92 Å².